The summed E-state index contributed by atoms with van der Waals surface area (Å²) in [4.78, 5) is 10.4. The van der Waals surface area contributed by atoms with Gasteiger partial charge in [0.05, 0.1) is 5.69 Å². The minimum absolute atomic E-state index is 0.0670. The molecule has 0 unspecified atom stereocenters. The molecule has 0 atom stereocenters. The van der Waals surface area contributed by atoms with Crippen molar-refractivity contribution >= 4 is 27.6 Å². The van der Waals surface area contributed by atoms with Crippen LogP contribution in [0, 0.1) is 13.8 Å². The Morgan fingerprint density at radius 2 is 2.14 bits per heavy atom. The SMILES string of the molecule is Cc1cc(C)c(NCC(=O)O)c(Br)c1. The van der Waals surface area contributed by atoms with Crippen LogP contribution in [0.3, 0.4) is 0 Å². The van der Waals surface area contributed by atoms with Gasteiger partial charge < -0.3 is 10.4 Å². The summed E-state index contributed by atoms with van der Waals surface area (Å²) in [5, 5.41) is 11.4. The molecule has 0 amide bonds. The molecule has 76 valence electrons. The lowest BCUT2D eigenvalue weighted by molar-refractivity contribution is -0.134. The monoisotopic (exact) mass is 257 g/mol. The van der Waals surface area contributed by atoms with Crippen molar-refractivity contribution in [1.29, 1.82) is 0 Å². The van der Waals surface area contributed by atoms with Crippen LogP contribution in [-0.4, -0.2) is 17.6 Å². The number of hydrogen-bond acceptors (Lipinski definition) is 2. The minimum atomic E-state index is -0.864. The first-order valence-electron chi connectivity index (χ1n) is 4.23. The molecule has 1 aromatic carbocycles. The van der Waals surface area contributed by atoms with E-state index in [1.165, 1.54) is 0 Å². The van der Waals surface area contributed by atoms with E-state index >= 15 is 0 Å². The number of benzene rings is 1. The van der Waals surface area contributed by atoms with Gasteiger partial charge in [0, 0.05) is 4.47 Å². The Kier molecular flexibility index (Phi) is 3.52. The van der Waals surface area contributed by atoms with Crippen LogP contribution >= 0.6 is 15.9 Å². The number of carboxylic acids is 1. The molecule has 4 heteroatoms. The van der Waals surface area contributed by atoms with Crippen LogP contribution in [0.1, 0.15) is 11.1 Å². The maximum atomic E-state index is 10.4. The van der Waals surface area contributed by atoms with Crippen molar-refractivity contribution in [1.82, 2.24) is 0 Å². The second-order valence-electron chi connectivity index (χ2n) is 3.19. The largest absolute Gasteiger partial charge is 0.480 e. The maximum absolute atomic E-state index is 10.4. The zero-order chi connectivity index (χ0) is 10.7. The highest BCUT2D eigenvalue weighted by Crippen LogP contribution is 2.27. The predicted octanol–water partition coefficient (Wildman–Crippen LogP) is 2.56. The lowest BCUT2D eigenvalue weighted by atomic mass is 10.1. The van der Waals surface area contributed by atoms with Gasteiger partial charge >= 0.3 is 5.97 Å². The van der Waals surface area contributed by atoms with Crippen molar-refractivity contribution < 1.29 is 9.90 Å². The average molecular weight is 258 g/mol. The summed E-state index contributed by atoms with van der Waals surface area (Å²) >= 11 is 3.39. The Hall–Kier alpha value is -1.03. The number of carbonyl (C=O) groups is 1. The number of aryl methyl sites for hydroxylation is 2. The Bertz CT molecular complexity index is 340. The van der Waals surface area contributed by atoms with Crippen LogP contribution in [0.5, 0.6) is 0 Å². The highest BCUT2D eigenvalue weighted by atomic mass is 79.9. The molecule has 2 N–H and O–H groups in total. The Labute approximate surface area is 91.3 Å². The number of nitrogens with one attached hydrogen (secondary N) is 1. The van der Waals surface area contributed by atoms with E-state index in [1.54, 1.807) is 0 Å². The van der Waals surface area contributed by atoms with Crippen molar-refractivity contribution in [3.05, 3.63) is 27.7 Å². The summed E-state index contributed by atoms with van der Waals surface area (Å²) in [5.41, 5.74) is 3.03. The molecule has 0 saturated carbocycles. The highest BCUT2D eigenvalue weighted by Gasteiger charge is 2.05. The minimum Gasteiger partial charge on any atom is -0.480 e. The summed E-state index contributed by atoms with van der Waals surface area (Å²) in [5.74, 6) is -0.864. The predicted molar refractivity (Wildman–Crippen MR) is 59.7 cm³/mol. The second kappa shape index (κ2) is 4.46. The fraction of sp³-hybridized carbons (Fsp3) is 0.300. The molecule has 1 rings (SSSR count). The zero-order valence-corrected chi connectivity index (χ0v) is 9.68. The maximum Gasteiger partial charge on any atom is 0.322 e. The average Bonchev–Trinajstić information content (AvgIpc) is 2.01. The van der Waals surface area contributed by atoms with Gasteiger partial charge in [0.15, 0.2) is 0 Å². The summed E-state index contributed by atoms with van der Waals surface area (Å²) in [7, 11) is 0. The first-order valence-corrected chi connectivity index (χ1v) is 5.02. The molecule has 0 aliphatic heterocycles. The quantitative estimate of drug-likeness (QED) is 0.875. The molecule has 0 bridgehead atoms. The van der Waals surface area contributed by atoms with E-state index in [0.29, 0.717) is 0 Å². The van der Waals surface area contributed by atoms with Crippen molar-refractivity contribution in [2.45, 2.75) is 13.8 Å². The molecular weight excluding hydrogens is 246 g/mol. The second-order valence-corrected chi connectivity index (χ2v) is 4.04. The van der Waals surface area contributed by atoms with Gasteiger partial charge in [-0.15, -0.1) is 0 Å². The highest BCUT2D eigenvalue weighted by molar-refractivity contribution is 9.10. The molecule has 0 spiro atoms. The van der Waals surface area contributed by atoms with Crippen LogP contribution in [-0.2, 0) is 4.79 Å². The first-order chi connectivity index (χ1) is 6.50. The van der Waals surface area contributed by atoms with E-state index < -0.39 is 5.97 Å². The van der Waals surface area contributed by atoms with Crippen LogP contribution in [0.4, 0.5) is 5.69 Å². The number of anilines is 1. The zero-order valence-electron chi connectivity index (χ0n) is 8.10. The fourth-order valence-electron chi connectivity index (χ4n) is 1.30. The van der Waals surface area contributed by atoms with Gasteiger partial charge in [-0.1, -0.05) is 6.07 Å². The van der Waals surface area contributed by atoms with E-state index in [9.17, 15) is 4.79 Å². The normalized spacial score (nSPS) is 9.93. The van der Waals surface area contributed by atoms with Gasteiger partial charge in [-0.05, 0) is 47.0 Å². The summed E-state index contributed by atoms with van der Waals surface area (Å²) in [6.45, 7) is 3.88. The van der Waals surface area contributed by atoms with E-state index in [2.05, 4.69) is 21.2 Å². The van der Waals surface area contributed by atoms with Crippen molar-refractivity contribution in [2.75, 3.05) is 11.9 Å². The van der Waals surface area contributed by atoms with E-state index in [4.69, 9.17) is 5.11 Å². The molecule has 0 aromatic heterocycles. The van der Waals surface area contributed by atoms with Crippen LogP contribution in [0.15, 0.2) is 16.6 Å². The van der Waals surface area contributed by atoms with Crippen LogP contribution in [0.2, 0.25) is 0 Å². The van der Waals surface area contributed by atoms with Crippen LogP contribution in [0.25, 0.3) is 0 Å². The van der Waals surface area contributed by atoms with Crippen LogP contribution < -0.4 is 5.32 Å². The lowest BCUT2D eigenvalue weighted by Crippen LogP contribution is -2.13. The number of aliphatic carboxylic acids is 1. The fourth-order valence-corrected chi connectivity index (χ4v) is 2.12. The molecule has 0 aliphatic rings. The molecule has 1 aromatic rings. The summed E-state index contributed by atoms with van der Waals surface area (Å²) < 4.78 is 0.899. The van der Waals surface area contributed by atoms with E-state index in [-0.39, 0.29) is 6.54 Å². The third kappa shape index (κ3) is 2.73. The Balaban J connectivity index is 2.91. The van der Waals surface area contributed by atoms with E-state index in [1.807, 2.05) is 26.0 Å². The Morgan fingerprint density at radius 1 is 1.50 bits per heavy atom. The molecule has 0 fully saturated rings. The molecule has 0 heterocycles. The third-order valence-corrected chi connectivity index (χ3v) is 2.47. The van der Waals surface area contributed by atoms with E-state index in [0.717, 1.165) is 21.3 Å². The molecular formula is C10H12BrNO2. The lowest BCUT2D eigenvalue weighted by Gasteiger charge is -2.10. The first kappa shape index (κ1) is 11.0. The topological polar surface area (TPSA) is 49.3 Å². The number of carboxylic acid groups (broad SMARTS) is 1. The molecule has 0 aliphatic carbocycles. The van der Waals surface area contributed by atoms with Crippen molar-refractivity contribution in [3.8, 4) is 0 Å². The van der Waals surface area contributed by atoms with Crippen molar-refractivity contribution in [2.24, 2.45) is 0 Å². The van der Waals surface area contributed by atoms with Gasteiger partial charge in [-0.25, -0.2) is 0 Å². The number of rotatable bonds is 3. The summed E-state index contributed by atoms with van der Waals surface area (Å²) in [6, 6.07) is 3.96. The summed E-state index contributed by atoms with van der Waals surface area (Å²) in [6.07, 6.45) is 0. The molecule has 14 heavy (non-hydrogen) atoms. The standard InChI is InChI=1S/C10H12BrNO2/c1-6-3-7(2)10(8(11)4-6)12-5-9(13)14/h3-4,12H,5H2,1-2H3,(H,13,14). The number of halogens is 1. The van der Waals surface area contributed by atoms with Gasteiger partial charge in [0.2, 0.25) is 0 Å². The third-order valence-electron chi connectivity index (χ3n) is 1.85. The molecule has 0 radical (unpaired) electrons. The van der Waals surface area contributed by atoms with Gasteiger partial charge in [-0.3, -0.25) is 4.79 Å². The van der Waals surface area contributed by atoms with Gasteiger partial charge in [0.1, 0.15) is 6.54 Å². The molecule has 0 saturated heterocycles. The smallest absolute Gasteiger partial charge is 0.322 e. The Morgan fingerprint density at radius 3 is 2.64 bits per heavy atom. The van der Waals surface area contributed by atoms with Crippen molar-refractivity contribution in [3.63, 3.8) is 0 Å². The van der Waals surface area contributed by atoms with Gasteiger partial charge in [-0.2, -0.15) is 0 Å². The van der Waals surface area contributed by atoms with Gasteiger partial charge in [0.25, 0.3) is 0 Å². The number of hydrogen-bond donors (Lipinski definition) is 2. The molecule has 3 nitrogen and oxygen atoms in total.